The van der Waals surface area contributed by atoms with Crippen LogP contribution in [0.25, 0.3) is 0 Å². The smallest absolute Gasteiger partial charge is 0.331 e. The highest BCUT2D eigenvalue weighted by molar-refractivity contribution is 5.85. The molecule has 0 aromatic rings. The summed E-state index contributed by atoms with van der Waals surface area (Å²) in [4.78, 5) is 24.8. The molecule has 4 saturated carbocycles. The van der Waals surface area contributed by atoms with E-state index in [0.717, 1.165) is 11.9 Å². The summed E-state index contributed by atoms with van der Waals surface area (Å²) in [5.74, 6) is -1.61. The summed E-state index contributed by atoms with van der Waals surface area (Å²) in [6.45, 7) is 3.72. The molecule has 6 aliphatic rings. The molecule has 40 heavy (non-hydrogen) atoms. The van der Waals surface area contributed by atoms with Crippen molar-refractivity contribution < 1.29 is 54.4 Å². The summed E-state index contributed by atoms with van der Waals surface area (Å²) in [5.41, 5.74) is -3.89. The Labute approximate surface area is 233 Å². The molecule has 0 unspecified atom stereocenters. The number of rotatable bonds is 4. The number of cyclic esters (lactones) is 1. The molecule has 2 aliphatic heterocycles. The third kappa shape index (κ3) is 3.78. The van der Waals surface area contributed by atoms with Crippen molar-refractivity contribution in [3.8, 4) is 0 Å². The fourth-order valence-corrected chi connectivity index (χ4v) is 9.82. The first-order valence-corrected chi connectivity index (χ1v) is 14.6. The van der Waals surface area contributed by atoms with Crippen molar-refractivity contribution in [3.63, 3.8) is 0 Å². The number of fused-ring (bicyclic) bond motifs is 5. The number of hydrogen-bond acceptors (Lipinski definition) is 11. The second-order valence-corrected chi connectivity index (χ2v) is 13.6. The highest BCUT2D eigenvalue weighted by Crippen LogP contribution is 2.70. The number of hydrogen-bond donors (Lipinski definition) is 6. The van der Waals surface area contributed by atoms with E-state index in [4.69, 9.17) is 14.2 Å². The van der Waals surface area contributed by atoms with Gasteiger partial charge in [0.15, 0.2) is 6.29 Å². The molecule has 5 fully saturated rings. The van der Waals surface area contributed by atoms with Crippen molar-refractivity contribution in [1.82, 2.24) is 0 Å². The molecule has 224 valence electrons. The Balaban J connectivity index is 1.25. The quantitative estimate of drug-likeness (QED) is 0.149. The zero-order valence-electron chi connectivity index (χ0n) is 23.0. The lowest BCUT2D eigenvalue weighted by molar-refractivity contribution is -0.320. The third-order valence-electron chi connectivity index (χ3n) is 11.9. The Kier molecular flexibility index (Phi) is 6.83. The van der Waals surface area contributed by atoms with E-state index in [1.807, 2.05) is 6.92 Å². The molecule has 0 spiro atoms. The lowest BCUT2D eigenvalue weighted by Gasteiger charge is -2.66. The monoisotopic (exact) mass is 566 g/mol. The normalized spacial score (nSPS) is 56.0. The molecule has 0 bridgehead atoms. The third-order valence-corrected chi connectivity index (χ3v) is 11.9. The van der Waals surface area contributed by atoms with Gasteiger partial charge in [0, 0.05) is 23.8 Å². The van der Waals surface area contributed by atoms with Crippen LogP contribution in [-0.4, -0.2) is 104 Å². The average Bonchev–Trinajstić information content (AvgIpc) is 3.45. The summed E-state index contributed by atoms with van der Waals surface area (Å²) >= 11 is 0. The van der Waals surface area contributed by atoms with Crippen LogP contribution in [-0.2, 0) is 23.8 Å². The van der Waals surface area contributed by atoms with Crippen molar-refractivity contribution in [3.05, 3.63) is 11.6 Å². The molecule has 11 nitrogen and oxygen atoms in total. The van der Waals surface area contributed by atoms with Crippen molar-refractivity contribution >= 4 is 12.3 Å². The number of ether oxygens (including phenoxy) is 3. The maximum absolute atomic E-state index is 13.0. The van der Waals surface area contributed by atoms with Gasteiger partial charge in [-0.15, -0.1) is 0 Å². The summed E-state index contributed by atoms with van der Waals surface area (Å²) in [6, 6.07) is 0. The zero-order valence-corrected chi connectivity index (χ0v) is 23.0. The van der Waals surface area contributed by atoms with E-state index in [-0.39, 0.29) is 38.2 Å². The fourth-order valence-electron chi connectivity index (χ4n) is 9.82. The molecular formula is C29H42O11. The molecule has 0 aromatic carbocycles. The molecule has 0 aromatic heterocycles. The van der Waals surface area contributed by atoms with Gasteiger partial charge >= 0.3 is 5.97 Å². The predicted octanol–water partition coefficient (Wildman–Crippen LogP) is -0.279. The largest absolute Gasteiger partial charge is 0.458 e. The van der Waals surface area contributed by atoms with Crippen molar-refractivity contribution in [2.75, 3.05) is 6.61 Å². The topological polar surface area (TPSA) is 183 Å². The highest BCUT2D eigenvalue weighted by atomic mass is 16.7. The molecule has 11 heteroatoms. The molecular weight excluding hydrogens is 524 g/mol. The van der Waals surface area contributed by atoms with Gasteiger partial charge in [-0.2, -0.15) is 0 Å². The van der Waals surface area contributed by atoms with Crippen LogP contribution in [0.4, 0.5) is 0 Å². The van der Waals surface area contributed by atoms with Crippen LogP contribution in [0.15, 0.2) is 11.6 Å². The Hall–Kier alpha value is -1.44. The molecule has 0 amide bonds. The average molecular weight is 567 g/mol. The molecule has 0 radical (unpaired) electrons. The van der Waals surface area contributed by atoms with Crippen LogP contribution in [0.1, 0.15) is 65.2 Å². The van der Waals surface area contributed by atoms with Gasteiger partial charge in [0.1, 0.15) is 31.2 Å². The maximum Gasteiger partial charge on any atom is 0.331 e. The fraction of sp³-hybridized carbons (Fsp3) is 0.862. The van der Waals surface area contributed by atoms with Gasteiger partial charge in [-0.3, -0.25) is 0 Å². The first-order chi connectivity index (χ1) is 18.8. The van der Waals surface area contributed by atoms with Crippen LogP contribution in [0.5, 0.6) is 0 Å². The van der Waals surface area contributed by atoms with E-state index in [2.05, 4.69) is 0 Å². The second-order valence-electron chi connectivity index (χ2n) is 13.6. The summed E-state index contributed by atoms with van der Waals surface area (Å²) in [7, 11) is 0. The van der Waals surface area contributed by atoms with Gasteiger partial charge in [0.2, 0.25) is 0 Å². The minimum atomic E-state index is -1.51. The van der Waals surface area contributed by atoms with Gasteiger partial charge < -0.3 is 49.6 Å². The van der Waals surface area contributed by atoms with Gasteiger partial charge in [-0.05, 0) is 69.3 Å². The minimum Gasteiger partial charge on any atom is -0.458 e. The number of carbonyl (C=O) groups excluding carboxylic acids is 2. The first kappa shape index (κ1) is 28.7. The van der Waals surface area contributed by atoms with E-state index in [0.29, 0.717) is 25.7 Å². The number of carbonyl (C=O) groups is 2. The van der Waals surface area contributed by atoms with E-state index in [9.17, 15) is 40.2 Å². The van der Waals surface area contributed by atoms with E-state index in [1.165, 1.54) is 6.08 Å². The van der Waals surface area contributed by atoms with Gasteiger partial charge in [-0.1, -0.05) is 6.92 Å². The van der Waals surface area contributed by atoms with Crippen molar-refractivity contribution in [2.45, 2.75) is 119 Å². The lowest BCUT2D eigenvalue weighted by Crippen LogP contribution is -2.72. The lowest BCUT2D eigenvalue weighted by atomic mass is 9.41. The molecule has 4 aliphatic carbocycles. The van der Waals surface area contributed by atoms with Crippen LogP contribution in [0.3, 0.4) is 0 Å². The standard InChI is InChI=1S/C29H42O11/c1-14-22(33)23(34)24(35)25(39-14)40-16-3-6-27(13-30)21-18(4-7-28(27,36)10-16)29(37)8-5-17(15-9-20(32)38-12-15)26(29,2)11-19(21)31/h9,13-14,16-19,21-25,31,33-37H,3-8,10-12H2,1-2H3/t14-,16+,17-,18-,19+,21+,22-,23+,24+,25+,26+,27-,28-,29+/m0/s1. The van der Waals surface area contributed by atoms with Crippen molar-refractivity contribution in [2.24, 2.45) is 28.6 Å². The van der Waals surface area contributed by atoms with Gasteiger partial charge in [0.05, 0.1) is 34.9 Å². The Bertz CT molecular complexity index is 1080. The Morgan fingerprint density at radius 2 is 1.75 bits per heavy atom. The minimum absolute atomic E-state index is 0.0615. The summed E-state index contributed by atoms with van der Waals surface area (Å²) < 4.78 is 16.8. The molecule has 1 saturated heterocycles. The molecule has 14 atom stereocenters. The highest BCUT2D eigenvalue weighted by Gasteiger charge is 2.73. The van der Waals surface area contributed by atoms with E-state index in [1.54, 1.807) is 6.92 Å². The predicted molar refractivity (Wildman–Crippen MR) is 136 cm³/mol. The maximum atomic E-state index is 13.0. The number of aliphatic hydroxyl groups excluding tert-OH is 4. The summed E-state index contributed by atoms with van der Waals surface area (Å²) in [5, 5.41) is 66.7. The van der Waals surface area contributed by atoms with E-state index >= 15 is 0 Å². The van der Waals surface area contributed by atoms with Crippen LogP contribution >= 0.6 is 0 Å². The van der Waals surface area contributed by atoms with Gasteiger partial charge in [-0.25, -0.2) is 4.79 Å². The van der Waals surface area contributed by atoms with Crippen LogP contribution < -0.4 is 0 Å². The zero-order chi connectivity index (χ0) is 28.8. The SMILES string of the molecule is C[C@@H]1O[C@H](O[C@@H]2CC[C@]3(C=O)[C@H]4[C@H](O)C[C@]5(C)[C@H](C6=CC(=O)OC6)CC[C@@]5(O)[C@H]4CC[C@]3(O)C2)[C@H](O)[C@H](O)[C@H]1O. The molecule has 6 rings (SSSR count). The molecule has 6 N–H and O–H groups in total. The Morgan fingerprint density at radius 3 is 2.42 bits per heavy atom. The van der Waals surface area contributed by atoms with E-state index < -0.39 is 82.8 Å². The first-order valence-electron chi connectivity index (χ1n) is 14.6. The number of esters is 1. The van der Waals surface area contributed by atoms with Crippen LogP contribution in [0.2, 0.25) is 0 Å². The summed E-state index contributed by atoms with van der Waals surface area (Å²) in [6.07, 6.45) is -2.87. The van der Waals surface area contributed by atoms with Crippen molar-refractivity contribution in [1.29, 1.82) is 0 Å². The number of aldehydes is 1. The molecule has 2 heterocycles. The van der Waals surface area contributed by atoms with Gasteiger partial charge in [0.25, 0.3) is 0 Å². The second kappa shape index (κ2) is 9.54. The number of aliphatic hydroxyl groups is 6. The Morgan fingerprint density at radius 1 is 1.00 bits per heavy atom. The van der Waals surface area contributed by atoms with Crippen LogP contribution in [0, 0.1) is 28.6 Å².